The number of ketones is 1. The van der Waals surface area contributed by atoms with Crippen LogP contribution < -0.4 is 0 Å². The van der Waals surface area contributed by atoms with Gasteiger partial charge in [0.2, 0.25) is 0 Å². The van der Waals surface area contributed by atoms with Gasteiger partial charge in [0.1, 0.15) is 11.1 Å². The molecule has 2 aliphatic carbocycles. The van der Waals surface area contributed by atoms with E-state index in [9.17, 15) is 18.5 Å². The predicted molar refractivity (Wildman–Crippen MR) is 117 cm³/mol. The van der Waals surface area contributed by atoms with Crippen LogP contribution >= 0.6 is 11.8 Å². The Balaban J connectivity index is 1.54. The zero-order valence-electron chi connectivity index (χ0n) is 17.0. The van der Waals surface area contributed by atoms with E-state index in [4.69, 9.17) is 4.28 Å². The first-order chi connectivity index (χ1) is 14.2. The van der Waals surface area contributed by atoms with Gasteiger partial charge in [-0.3, -0.25) is 9.08 Å². The number of carbonyl (C=O) groups is 1. The van der Waals surface area contributed by atoms with Crippen LogP contribution in [-0.4, -0.2) is 24.5 Å². The predicted octanol–water partition coefficient (Wildman–Crippen LogP) is 4.20. The van der Waals surface area contributed by atoms with Crippen molar-refractivity contribution in [3.05, 3.63) is 52.4 Å². The summed E-state index contributed by atoms with van der Waals surface area (Å²) in [6, 6.07) is 9.78. The molecule has 156 valence electrons. The third-order valence-electron chi connectivity index (χ3n) is 6.52. The van der Waals surface area contributed by atoms with Gasteiger partial charge in [0, 0.05) is 10.8 Å². The normalized spacial score (nSPS) is 30.0. The molecule has 2 bridgehead atoms. The SMILES string of the molecule is Cc1ccccc1/C(C#N)=C1\C=CC(=NOS(=O)(=O)C2C(=O)C3CCC2C3(C)C)S1. The lowest BCUT2D eigenvalue weighted by Gasteiger charge is -2.24. The van der Waals surface area contributed by atoms with Crippen LogP contribution in [0.2, 0.25) is 0 Å². The van der Waals surface area contributed by atoms with Gasteiger partial charge < -0.3 is 0 Å². The van der Waals surface area contributed by atoms with Crippen LogP contribution in [0.15, 0.2) is 46.5 Å². The molecule has 0 spiro atoms. The van der Waals surface area contributed by atoms with Gasteiger partial charge in [-0.25, -0.2) is 0 Å². The van der Waals surface area contributed by atoms with E-state index in [-0.39, 0.29) is 23.0 Å². The molecule has 0 aromatic heterocycles. The molecule has 0 saturated heterocycles. The Kier molecular flexibility index (Phi) is 5.15. The van der Waals surface area contributed by atoms with Gasteiger partial charge in [0.15, 0.2) is 11.0 Å². The topological polar surface area (TPSA) is 96.6 Å². The average molecular weight is 443 g/mol. The number of fused-ring (bicyclic) bond motifs is 2. The number of hydrogen-bond acceptors (Lipinski definition) is 7. The second-order valence-electron chi connectivity index (χ2n) is 8.48. The molecule has 4 rings (SSSR count). The van der Waals surface area contributed by atoms with Crippen LogP contribution in [0.3, 0.4) is 0 Å². The third-order valence-corrected chi connectivity index (χ3v) is 8.96. The Labute approximate surface area is 180 Å². The maximum Gasteiger partial charge on any atom is 0.338 e. The van der Waals surface area contributed by atoms with Crippen molar-refractivity contribution in [2.24, 2.45) is 22.4 Å². The molecule has 3 atom stereocenters. The van der Waals surface area contributed by atoms with Gasteiger partial charge in [-0.15, -0.1) is 0 Å². The molecule has 1 aliphatic heterocycles. The summed E-state index contributed by atoms with van der Waals surface area (Å²) in [6.45, 7) is 5.83. The zero-order chi connectivity index (χ0) is 21.7. The Bertz CT molecular complexity index is 1160. The zero-order valence-corrected chi connectivity index (χ0v) is 18.6. The largest absolute Gasteiger partial charge is 0.338 e. The minimum Gasteiger partial charge on any atom is -0.298 e. The fourth-order valence-electron chi connectivity index (χ4n) is 4.89. The summed E-state index contributed by atoms with van der Waals surface area (Å²) in [4.78, 5) is 13.3. The highest BCUT2D eigenvalue weighted by atomic mass is 32.2. The first-order valence-electron chi connectivity index (χ1n) is 9.77. The van der Waals surface area contributed by atoms with Crippen LogP contribution in [0.25, 0.3) is 5.57 Å². The smallest absolute Gasteiger partial charge is 0.298 e. The number of carbonyl (C=O) groups excluding carboxylic acids is 1. The van der Waals surface area contributed by atoms with Crippen molar-refractivity contribution in [2.45, 2.75) is 38.9 Å². The van der Waals surface area contributed by atoms with Crippen molar-refractivity contribution in [1.29, 1.82) is 5.26 Å². The number of thioether (sulfide) groups is 1. The fourth-order valence-corrected chi connectivity index (χ4v) is 7.38. The lowest BCUT2D eigenvalue weighted by atomic mass is 9.82. The Morgan fingerprint density at radius 1 is 1.27 bits per heavy atom. The lowest BCUT2D eigenvalue weighted by molar-refractivity contribution is -0.122. The number of aryl methyl sites for hydroxylation is 1. The highest BCUT2D eigenvalue weighted by molar-refractivity contribution is 8.18. The molecule has 3 aliphatic rings. The van der Waals surface area contributed by atoms with Crippen molar-refractivity contribution in [2.75, 3.05) is 0 Å². The number of hydrogen-bond donors (Lipinski definition) is 0. The van der Waals surface area contributed by atoms with Crippen LogP contribution in [0, 0.1) is 35.5 Å². The van der Waals surface area contributed by atoms with E-state index >= 15 is 0 Å². The van der Waals surface area contributed by atoms with Crippen LogP contribution in [0.4, 0.5) is 0 Å². The quantitative estimate of drug-likeness (QED) is 0.512. The monoisotopic (exact) mass is 442 g/mol. The minimum absolute atomic E-state index is 0.235. The second-order valence-corrected chi connectivity index (χ2v) is 11.2. The van der Waals surface area contributed by atoms with E-state index < -0.39 is 15.4 Å². The summed E-state index contributed by atoms with van der Waals surface area (Å²) in [7, 11) is -4.17. The van der Waals surface area contributed by atoms with Gasteiger partial charge in [-0.05, 0) is 54.4 Å². The molecule has 0 amide bonds. The van der Waals surface area contributed by atoms with Gasteiger partial charge in [0.25, 0.3) is 0 Å². The van der Waals surface area contributed by atoms with E-state index in [1.807, 2.05) is 45.0 Å². The molecular weight excluding hydrogens is 420 g/mol. The Morgan fingerprint density at radius 2 is 2.00 bits per heavy atom. The number of benzene rings is 1. The highest BCUT2D eigenvalue weighted by Crippen LogP contribution is 2.57. The number of rotatable bonds is 4. The Morgan fingerprint density at radius 3 is 2.63 bits per heavy atom. The maximum absolute atomic E-state index is 12.8. The molecule has 0 N–H and O–H groups in total. The van der Waals surface area contributed by atoms with E-state index in [2.05, 4.69) is 11.2 Å². The average Bonchev–Trinajstić information content (AvgIpc) is 3.33. The van der Waals surface area contributed by atoms with Crippen molar-refractivity contribution in [3.8, 4) is 6.07 Å². The van der Waals surface area contributed by atoms with Crippen molar-refractivity contribution in [3.63, 3.8) is 0 Å². The summed E-state index contributed by atoms with van der Waals surface area (Å²) in [5.41, 5.74) is 1.94. The molecule has 1 aromatic rings. The first-order valence-corrected chi connectivity index (χ1v) is 12.1. The molecule has 6 nitrogen and oxygen atoms in total. The number of oxime groups is 1. The molecule has 2 saturated carbocycles. The minimum atomic E-state index is -4.17. The molecule has 2 fully saturated rings. The third kappa shape index (κ3) is 3.30. The van der Waals surface area contributed by atoms with Gasteiger partial charge >= 0.3 is 10.1 Å². The first kappa shape index (κ1) is 20.9. The number of allylic oxidation sites excluding steroid dienone is 2. The lowest BCUT2D eigenvalue weighted by Crippen LogP contribution is -2.36. The molecule has 30 heavy (non-hydrogen) atoms. The standard InChI is InChI=1S/C22H22N2O4S2/c1-13-6-4-5-7-14(13)15(12-23)18-10-11-19(29-18)24-28-30(26,27)21-17-9-8-16(20(21)25)22(17,2)3/h4-7,10-11,16-17,21H,8-9H2,1-3H3/b18-15+,24-19?. The van der Waals surface area contributed by atoms with Crippen LogP contribution in [-0.2, 0) is 19.2 Å². The van der Waals surface area contributed by atoms with Crippen LogP contribution in [0.5, 0.6) is 0 Å². The summed E-state index contributed by atoms with van der Waals surface area (Å²) >= 11 is 1.17. The van der Waals surface area contributed by atoms with Gasteiger partial charge in [-0.2, -0.15) is 13.7 Å². The number of Topliss-reactive ketones (excluding diaryl/α,β-unsaturated/α-hetero) is 1. The van der Waals surface area contributed by atoms with E-state index in [1.54, 1.807) is 12.2 Å². The summed E-state index contributed by atoms with van der Waals surface area (Å²) in [5, 5.41) is 12.6. The Hall–Kier alpha value is -2.37. The molecular formula is C22H22N2O4S2. The van der Waals surface area contributed by atoms with E-state index in [0.717, 1.165) is 17.5 Å². The van der Waals surface area contributed by atoms with Gasteiger partial charge in [0.05, 0.1) is 5.57 Å². The van der Waals surface area contributed by atoms with Crippen molar-refractivity contribution in [1.82, 2.24) is 0 Å². The molecule has 1 aromatic carbocycles. The molecule has 0 radical (unpaired) electrons. The summed E-state index contributed by atoms with van der Waals surface area (Å²) < 4.78 is 30.5. The maximum atomic E-state index is 12.8. The fraction of sp³-hybridized carbons (Fsp3) is 0.409. The van der Waals surface area contributed by atoms with E-state index in [1.165, 1.54) is 11.8 Å². The number of nitriles is 1. The number of nitrogens with zero attached hydrogens (tertiary/aromatic N) is 2. The molecule has 8 heteroatoms. The van der Waals surface area contributed by atoms with Gasteiger partial charge in [-0.1, -0.05) is 55.0 Å². The highest BCUT2D eigenvalue weighted by Gasteiger charge is 2.63. The van der Waals surface area contributed by atoms with Crippen molar-refractivity contribution >= 4 is 38.3 Å². The summed E-state index contributed by atoms with van der Waals surface area (Å²) in [6.07, 6.45) is 4.77. The second kappa shape index (κ2) is 7.40. The van der Waals surface area contributed by atoms with E-state index in [0.29, 0.717) is 21.9 Å². The van der Waals surface area contributed by atoms with Crippen LogP contribution in [0.1, 0.15) is 37.8 Å². The molecule has 1 heterocycles. The summed E-state index contributed by atoms with van der Waals surface area (Å²) in [5.74, 6) is -0.729. The van der Waals surface area contributed by atoms with Crippen molar-refractivity contribution < 1.29 is 17.5 Å². The molecule has 3 unspecified atom stereocenters.